The SMILES string of the molecule is O=C(Nc1cccc(C(=O)N2CCOCC2)c1)c1nnc(COc2ccccc2)s1. The summed E-state index contributed by atoms with van der Waals surface area (Å²) in [7, 11) is 0. The van der Waals surface area contributed by atoms with Crippen molar-refractivity contribution in [2.24, 2.45) is 0 Å². The molecule has 0 saturated carbocycles. The number of nitrogens with zero attached hydrogens (tertiary/aromatic N) is 3. The maximum atomic E-state index is 12.6. The van der Waals surface area contributed by atoms with Crippen LogP contribution in [0.1, 0.15) is 25.2 Å². The van der Waals surface area contributed by atoms with E-state index in [4.69, 9.17) is 9.47 Å². The predicted octanol–water partition coefficient (Wildman–Crippen LogP) is 2.84. The van der Waals surface area contributed by atoms with E-state index < -0.39 is 0 Å². The van der Waals surface area contributed by atoms with Crippen LogP contribution in [-0.2, 0) is 11.3 Å². The standard InChI is InChI=1S/C21H20N4O4S/c26-19(20-24-23-18(30-20)14-29-17-7-2-1-3-8-17)22-16-6-4-5-15(13-16)21(27)25-9-11-28-12-10-25/h1-8,13H,9-12,14H2,(H,22,26). The van der Waals surface area contributed by atoms with E-state index in [0.29, 0.717) is 42.6 Å². The van der Waals surface area contributed by atoms with Gasteiger partial charge in [0.15, 0.2) is 5.01 Å². The molecule has 3 aromatic rings. The van der Waals surface area contributed by atoms with Crippen LogP contribution in [0.5, 0.6) is 5.75 Å². The van der Waals surface area contributed by atoms with Gasteiger partial charge in [-0.05, 0) is 30.3 Å². The average molecular weight is 424 g/mol. The fraction of sp³-hybridized carbons (Fsp3) is 0.238. The molecule has 1 fully saturated rings. The molecule has 0 bridgehead atoms. The van der Waals surface area contributed by atoms with Crippen molar-refractivity contribution in [3.8, 4) is 5.75 Å². The van der Waals surface area contributed by atoms with Gasteiger partial charge in [-0.1, -0.05) is 35.6 Å². The van der Waals surface area contributed by atoms with Crippen molar-refractivity contribution >= 4 is 28.8 Å². The summed E-state index contributed by atoms with van der Waals surface area (Å²) in [4.78, 5) is 26.9. The van der Waals surface area contributed by atoms with E-state index in [0.717, 1.165) is 17.1 Å². The summed E-state index contributed by atoms with van der Waals surface area (Å²) >= 11 is 1.16. The summed E-state index contributed by atoms with van der Waals surface area (Å²) in [5.74, 6) is 0.264. The summed E-state index contributed by atoms with van der Waals surface area (Å²) in [6.45, 7) is 2.44. The van der Waals surface area contributed by atoms with Gasteiger partial charge >= 0.3 is 0 Å². The number of carbonyl (C=O) groups excluding carboxylic acids is 2. The number of nitrogens with one attached hydrogen (secondary N) is 1. The molecule has 4 rings (SSSR count). The molecule has 1 saturated heterocycles. The van der Waals surface area contributed by atoms with E-state index in [1.165, 1.54) is 0 Å². The van der Waals surface area contributed by atoms with E-state index in [-0.39, 0.29) is 23.4 Å². The van der Waals surface area contributed by atoms with Gasteiger partial charge in [-0.2, -0.15) is 0 Å². The minimum atomic E-state index is -0.380. The van der Waals surface area contributed by atoms with E-state index >= 15 is 0 Å². The minimum Gasteiger partial charge on any atom is -0.486 e. The molecule has 1 N–H and O–H groups in total. The zero-order chi connectivity index (χ0) is 20.8. The average Bonchev–Trinajstić information content (AvgIpc) is 3.28. The number of benzene rings is 2. The molecule has 0 aliphatic carbocycles. The van der Waals surface area contributed by atoms with E-state index in [2.05, 4.69) is 15.5 Å². The highest BCUT2D eigenvalue weighted by molar-refractivity contribution is 7.13. The second-order valence-corrected chi connectivity index (χ2v) is 7.60. The van der Waals surface area contributed by atoms with Crippen molar-refractivity contribution in [2.45, 2.75) is 6.61 Å². The second-order valence-electron chi connectivity index (χ2n) is 6.54. The van der Waals surface area contributed by atoms with Crippen molar-refractivity contribution in [3.63, 3.8) is 0 Å². The van der Waals surface area contributed by atoms with Crippen LogP contribution < -0.4 is 10.1 Å². The van der Waals surface area contributed by atoms with Crippen LogP contribution in [0.25, 0.3) is 0 Å². The molecule has 1 aromatic heterocycles. The number of amides is 2. The van der Waals surface area contributed by atoms with Crippen molar-refractivity contribution < 1.29 is 19.1 Å². The smallest absolute Gasteiger partial charge is 0.286 e. The fourth-order valence-corrected chi connectivity index (χ4v) is 3.58. The third kappa shape index (κ3) is 5.00. The van der Waals surface area contributed by atoms with Gasteiger partial charge in [0.2, 0.25) is 5.01 Å². The number of ether oxygens (including phenoxy) is 2. The van der Waals surface area contributed by atoms with Crippen LogP contribution in [-0.4, -0.2) is 53.2 Å². The lowest BCUT2D eigenvalue weighted by molar-refractivity contribution is 0.0303. The topological polar surface area (TPSA) is 93.7 Å². The van der Waals surface area contributed by atoms with Gasteiger partial charge in [-0.25, -0.2) is 0 Å². The summed E-state index contributed by atoms with van der Waals surface area (Å²) in [6, 6.07) is 16.2. The molecule has 1 aliphatic heterocycles. The minimum absolute atomic E-state index is 0.0781. The maximum Gasteiger partial charge on any atom is 0.286 e. The van der Waals surface area contributed by atoms with Crippen molar-refractivity contribution in [1.29, 1.82) is 0 Å². The molecule has 0 atom stereocenters. The maximum absolute atomic E-state index is 12.6. The van der Waals surface area contributed by atoms with Crippen LogP contribution in [0, 0.1) is 0 Å². The summed E-state index contributed by atoms with van der Waals surface area (Å²) in [6.07, 6.45) is 0. The number of anilines is 1. The highest BCUT2D eigenvalue weighted by Gasteiger charge is 2.19. The Balaban J connectivity index is 1.37. The first kappa shape index (κ1) is 20.0. The molecular weight excluding hydrogens is 404 g/mol. The predicted molar refractivity (Wildman–Crippen MR) is 112 cm³/mol. The van der Waals surface area contributed by atoms with Crippen molar-refractivity contribution in [3.05, 3.63) is 70.2 Å². The molecule has 9 heteroatoms. The molecule has 1 aliphatic rings. The van der Waals surface area contributed by atoms with Crippen molar-refractivity contribution in [1.82, 2.24) is 15.1 Å². The number of hydrogen-bond donors (Lipinski definition) is 1. The first-order valence-electron chi connectivity index (χ1n) is 9.48. The summed E-state index contributed by atoms with van der Waals surface area (Å²) in [5.41, 5.74) is 1.04. The second kappa shape index (κ2) is 9.47. The first-order chi connectivity index (χ1) is 14.7. The third-order valence-corrected chi connectivity index (χ3v) is 5.33. The van der Waals surface area contributed by atoms with Crippen LogP contribution >= 0.6 is 11.3 Å². The quantitative estimate of drug-likeness (QED) is 0.654. The molecule has 0 radical (unpaired) electrons. The van der Waals surface area contributed by atoms with Gasteiger partial charge in [0.1, 0.15) is 12.4 Å². The van der Waals surface area contributed by atoms with E-state index in [1.807, 2.05) is 30.3 Å². The number of morpholine rings is 1. The van der Waals surface area contributed by atoms with Crippen LogP contribution in [0.2, 0.25) is 0 Å². The summed E-state index contributed by atoms with van der Waals surface area (Å²) < 4.78 is 10.9. The highest BCUT2D eigenvalue weighted by atomic mass is 32.1. The third-order valence-electron chi connectivity index (χ3n) is 4.43. The Morgan fingerprint density at radius 3 is 2.67 bits per heavy atom. The normalized spacial score (nSPS) is 13.7. The summed E-state index contributed by atoms with van der Waals surface area (Å²) in [5, 5.41) is 11.6. The Labute approximate surface area is 177 Å². The van der Waals surface area contributed by atoms with Crippen LogP contribution in [0.4, 0.5) is 5.69 Å². The molecule has 30 heavy (non-hydrogen) atoms. The number of hydrogen-bond acceptors (Lipinski definition) is 7. The Bertz CT molecular complexity index is 1020. The monoisotopic (exact) mass is 424 g/mol. The highest BCUT2D eigenvalue weighted by Crippen LogP contribution is 2.18. The zero-order valence-electron chi connectivity index (χ0n) is 16.1. The van der Waals surface area contributed by atoms with Gasteiger partial charge in [-0.15, -0.1) is 10.2 Å². The Morgan fingerprint density at radius 1 is 1.07 bits per heavy atom. The Kier molecular flexibility index (Phi) is 6.31. The molecule has 2 heterocycles. The lowest BCUT2D eigenvalue weighted by Gasteiger charge is -2.27. The number of aromatic nitrogens is 2. The largest absolute Gasteiger partial charge is 0.486 e. The number of rotatable bonds is 6. The van der Waals surface area contributed by atoms with Gasteiger partial charge in [-0.3, -0.25) is 9.59 Å². The molecule has 154 valence electrons. The van der Waals surface area contributed by atoms with Gasteiger partial charge < -0.3 is 19.7 Å². The molecule has 0 spiro atoms. The molecule has 8 nitrogen and oxygen atoms in total. The fourth-order valence-electron chi connectivity index (χ4n) is 2.93. The van der Waals surface area contributed by atoms with Crippen molar-refractivity contribution in [2.75, 3.05) is 31.6 Å². The molecular formula is C21H20N4O4S. The number of para-hydroxylation sites is 1. The molecule has 2 aromatic carbocycles. The van der Waals surface area contributed by atoms with Gasteiger partial charge in [0.25, 0.3) is 11.8 Å². The lowest BCUT2D eigenvalue weighted by Crippen LogP contribution is -2.40. The van der Waals surface area contributed by atoms with Gasteiger partial charge in [0.05, 0.1) is 13.2 Å². The Hall–Kier alpha value is -3.30. The van der Waals surface area contributed by atoms with Gasteiger partial charge in [0, 0.05) is 24.3 Å². The van der Waals surface area contributed by atoms with E-state index in [1.54, 1.807) is 29.2 Å². The molecule has 0 unspecified atom stereocenters. The lowest BCUT2D eigenvalue weighted by atomic mass is 10.1. The van der Waals surface area contributed by atoms with E-state index in [9.17, 15) is 9.59 Å². The van der Waals surface area contributed by atoms with Crippen LogP contribution in [0.3, 0.4) is 0 Å². The van der Waals surface area contributed by atoms with Crippen LogP contribution in [0.15, 0.2) is 54.6 Å². The molecule has 2 amide bonds. The number of carbonyl (C=O) groups is 2. The first-order valence-corrected chi connectivity index (χ1v) is 10.3. The zero-order valence-corrected chi connectivity index (χ0v) is 16.9. The Morgan fingerprint density at radius 2 is 1.87 bits per heavy atom.